The summed E-state index contributed by atoms with van der Waals surface area (Å²) >= 11 is 5.83. The second-order valence-electron chi connectivity index (χ2n) is 3.33. The number of rotatable bonds is 5. The number of benzene rings is 1. The highest BCUT2D eigenvalue weighted by molar-refractivity contribution is 6.30. The molecule has 0 aliphatic carbocycles. The van der Waals surface area contributed by atoms with E-state index >= 15 is 0 Å². The Balaban J connectivity index is 2.77. The lowest BCUT2D eigenvalue weighted by Gasteiger charge is -2.11. The molecule has 0 amide bonds. The van der Waals surface area contributed by atoms with E-state index in [0.717, 1.165) is 5.56 Å². The minimum absolute atomic E-state index is 0.293. The predicted molar refractivity (Wildman–Crippen MR) is 60.3 cm³/mol. The zero-order valence-electron chi connectivity index (χ0n) is 8.67. The van der Waals surface area contributed by atoms with Crippen molar-refractivity contribution in [1.82, 2.24) is 0 Å². The Morgan fingerprint density at radius 3 is 2.87 bits per heavy atom. The Labute approximate surface area is 94.2 Å². The standard InChI is InChI=1S/C11H15ClFNO/c1-15-11-3-2-9(12)6-8(11)7-10(13)4-5-14/h2-3,6,10H,4-5,7,14H2,1H3. The third-order valence-corrected chi connectivity index (χ3v) is 2.40. The van der Waals surface area contributed by atoms with Gasteiger partial charge in [-0.25, -0.2) is 4.39 Å². The second-order valence-corrected chi connectivity index (χ2v) is 3.77. The van der Waals surface area contributed by atoms with Gasteiger partial charge in [-0.15, -0.1) is 0 Å². The number of hydrogen-bond donors (Lipinski definition) is 1. The van der Waals surface area contributed by atoms with Gasteiger partial charge in [-0.05, 0) is 36.7 Å². The van der Waals surface area contributed by atoms with Gasteiger partial charge >= 0.3 is 0 Å². The maximum atomic E-state index is 13.4. The molecule has 2 N–H and O–H groups in total. The quantitative estimate of drug-likeness (QED) is 0.846. The molecule has 15 heavy (non-hydrogen) atoms. The summed E-state index contributed by atoms with van der Waals surface area (Å²) in [6.07, 6.45) is -0.293. The van der Waals surface area contributed by atoms with Gasteiger partial charge in [-0.2, -0.15) is 0 Å². The maximum absolute atomic E-state index is 13.4. The van der Waals surface area contributed by atoms with Crippen molar-refractivity contribution in [2.24, 2.45) is 5.73 Å². The number of hydrogen-bond acceptors (Lipinski definition) is 2. The van der Waals surface area contributed by atoms with Gasteiger partial charge in [-0.3, -0.25) is 0 Å². The summed E-state index contributed by atoms with van der Waals surface area (Å²) in [5, 5.41) is 0.589. The lowest BCUT2D eigenvalue weighted by molar-refractivity contribution is 0.311. The molecule has 0 aliphatic rings. The Kier molecular flexibility index (Phi) is 4.85. The lowest BCUT2D eigenvalue weighted by atomic mass is 10.1. The van der Waals surface area contributed by atoms with Crippen LogP contribution in [0.15, 0.2) is 18.2 Å². The maximum Gasteiger partial charge on any atom is 0.122 e. The van der Waals surface area contributed by atoms with Crippen LogP contribution in [0.1, 0.15) is 12.0 Å². The Morgan fingerprint density at radius 1 is 1.53 bits per heavy atom. The third-order valence-electron chi connectivity index (χ3n) is 2.16. The van der Waals surface area contributed by atoms with E-state index in [1.165, 1.54) is 0 Å². The molecule has 4 heteroatoms. The fourth-order valence-corrected chi connectivity index (χ4v) is 1.62. The Bertz CT molecular complexity index is 319. The van der Waals surface area contributed by atoms with Gasteiger partial charge in [0.05, 0.1) is 7.11 Å². The average Bonchev–Trinajstić information content (AvgIpc) is 2.18. The van der Waals surface area contributed by atoms with Crippen LogP contribution in [0.2, 0.25) is 5.02 Å². The number of ether oxygens (including phenoxy) is 1. The lowest BCUT2D eigenvalue weighted by Crippen LogP contribution is -2.12. The molecule has 0 aliphatic heterocycles. The fourth-order valence-electron chi connectivity index (χ4n) is 1.43. The highest BCUT2D eigenvalue weighted by atomic mass is 35.5. The van der Waals surface area contributed by atoms with Crippen molar-refractivity contribution in [2.75, 3.05) is 13.7 Å². The monoisotopic (exact) mass is 231 g/mol. The summed E-state index contributed by atoms with van der Waals surface area (Å²) in [4.78, 5) is 0. The summed E-state index contributed by atoms with van der Waals surface area (Å²) in [5.41, 5.74) is 6.07. The average molecular weight is 232 g/mol. The number of methoxy groups -OCH3 is 1. The van der Waals surface area contributed by atoms with E-state index in [0.29, 0.717) is 30.2 Å². The van der Waals surface area contributed by atoms with Crippen LogP contribution in [-0.4, -0.2) is 19.8 Å². The van der Waals surface area contributed by atoms with E-state index in [-0.39, 0.29) is 0 Å². The first-order valence-corrected chi connectivity index (χ1v) is 5.21. The summed E-state index contributed by atoms with van der Waals surface area (Å²) in [6.45, 7) is 0.351. The first kappa shape index (κ1) is 12.3. The molecule has 0 spiro atoms. The van der Waals surface area contributed by atoms with Crippen LogP contribution in [0.25, 0.3) is 0 Å². The van der Waals surface area contributed by atoms with Crippen molar-refractivity contribution in [1.29, 1.82) is 0 Å². The van der Waals surface area contributed by atoms with Crippen molar-refractivity contribution in [3.05, 3.63) is 28.8 Å². The highest BCUT2D eigenvalue weighted by Gasteiger charge is 2.11. The molecule has 0 saturated heterocycles. The molecule has 0 heterocycles. The molecule has 1 rings (SSSR count). The molecule has 1 aromatic carbocycles. The van der Waals surface area contributed by atoms with Gasteiger partial charge in [-0.1, -0.05) is 11.6 Å². The topological polar surface area (TPSA) is 35.2 Å². The van der Waals surface area contributed by atoms with Gasteiger partial charge in [0, 0.05) is 11.4 Å². The van der Waals surface area contributed by atoms with Crippen LogP contribution in [0.5, 0.6) is 5.75 Å². The van der Waals surface area contributed by atoms with Gasteiger partial charge in [0.2, 0.25) is 0 Å². The molecular formula is C11H15ClFNO. The van der Waals surface area contributed by atoms with Crippen LogP contribution in [0, 0.1) is 0 Å². The number of nitrogens with two attached hydrogens (primary N) is 1. The van der Waals surface area contributed by atoms with E-state index in [4.69, 9.17) is 22.1 Å². The molecule has 0 aromatic heterocycles. The molecule has 84 valence electrons. The van der Waals surface area contributed by atoms with Crippen LogP contribution >= 0.6 is 11.6 Å². The molecule has 1 atom stereocenters. The molecule has 1 aromatic rings. The molecule has 2 nitrogen and oxygen atoms in total. The van der Waals surface area contributed by atoms with E-state index < -0.39 is 6.17 Å². The van der Waals surface area contributed by atoms with Gasteiger partial charge in [0.25, 0.3) is 0 Å². The minimum atomic E-state index is -0.942. The number of alkyl halides is 1. The first-order valence-electron chi connectivity index (χ1n) is 4.84. The fraction of sp³-hybridized carbons (Fsp3) is 0.455. The van der Waals surface area contributed by atoms with E-state index in [2.05, 4.69) is 0 Å². The predicted octanol–water partition coefficient (Wildman–Crippen LogP) is 2.58. The van der Waals surface area contributed by atoms with Crippen LogP contribution in [0.4, 0.5) is 4.39 Å². The van der Waals surface area contributed by atoms with E-state index in [1.807, 2.05) is 0 Å². The summed E-state index contributed by atoms with van der Waals surface area (Å²) in [6, 6.07) is 5.19. The van der Waals surface area contributed by atoms with Crippen molar-refractivity contribution >= 4 is 11.6 Å². The first-order chi connectivity index (χ1) is 7.17. The van der Waals surface area contributed by atoms with Gasteiger partial charge in [0.15, 0.2) is 0 Å². The Morgan fingerprint density at radius 2 is 2.27 bits per heavy atom. The van der Waals surface area contributed by atoms with Crippen LogP contribution in [0.3, 0.4) is 0 Å². The van der Waals surface area contributed by atoms with E-state index in [9.17, 15) is 4.39 Å². The number of halogens is 2. The SMILES string of the molecule is COc1ccc(Cl)cc1CC(F)CCN. The molecule has 0 saturated carbocycles. The molecule has 1 unspecified atom stereocenters. The minimum Gasteiger partial charge on any atom is -0.496 e. The summed E-state index contributed by atoms with van der Waals surface area (Å²) in [5.74, 6) is 0.666. The zero-order chi connectivity index (χ0) is 11.3. The molecule has 0 bridgehead atoms. The van der Waals surface area contributed by atoms with E-state index in [1.54, 1.807) is 25.3 Å². The Hall–Kier alpha value is -0.800. The summed E-state index contributed by atoms with van der Waals surface area (Å²) in [7, 11) is 1.56. The van der Waals surface area contributed by atoms with Crippen LogP contribution < -0.4 is 10.5 Å². The van der Waals surface area contributed by atoms with Gasteiger partial charge < -0.3 is 10.5 Å². The second kappa shape index (κ2) is 5.93. The van der Waals surface area contributed by atoms with Crippen molar-refractivity contribution < 1.29 is 9.13 Å². The molecule has 0 fully saturated rings. The third kappa shape index (κ3) is 3.68. The zero-order valence-corrected chi connectivity index (χ0v) is 9.43. The van der Waals surface area contributed by atoms with Gasteiger partial charge in [0.1, 0.15) is 11.9 Å². The van der Waals surface area contributed by atoms with Crippen LogP contribution in [-0.2, 0) is 6.42 Å². The smallest absolute Gasteiger partial charge is 0.122 e. The highest BCUT2D eigenvalue weighted by Crippen LogP contribution is 2.24. The van der Waals surface area contributed by atoms with Crippen molar-refractivity contribution in [3.8, 4) is 5.75 Å². The largest absolute Gasteiger partial charge is 0.496 e. The van der Waals surface area contributed by atoms with Crippen molar-refractivity contribution in [2.45, 2.75) is 19.0 Å². The molecule has 0 radical (unpaired) electrons. The normalized spacial score (nSPS) is 12.5. The summed E-state index contributed by atoms with van der Waals surface area (Å²) < 4.78 is 18.5. The molecular weight excluding hydrogens is 217 g/mol. The van der Waals surface area contributed by atoms with Crippen molar-refractivity contribution in [3.63, 3.8) is 0 Å².